The maximum Gasteiger partial charge on any atom is 0.0437 e. The fourth-order valence-corrected chi connectivity index (χ4v) is 1.44. The third kappa shape index (κ3) is 2.76. The average molecular weight is 167 g/mol. The minimum Gasteiger partial charge on any atom is -0.336 e. The SMILES string of the molecule is C=S(C)Nc1cccc(C)c1. The van der Waals surface area contributed by atoms with Crippen molar-refractivity contribution in [3.63, 3.8) is 0 Å². The van der Waals surface area contributed by atoms with Crippen LogP contribution in [0.5, 0.6) is 0 Å². The van der Waals surface area contributed by atoms with Crippen LogP contribution < -0.4 is 4.72 Å². The summed E-state index contributed by atoms with van der Waals surface area (Å²) in [6.45, 7) is 2.09. The van der Waals surface area contributed by atoms with Gasteiger partial charge in [0.15, 0.2) is 0 Å². The number of aryl methyl sites for hydroxylation is 1. The standard InChI is InChI=1S/C9H13NS/c1-8-5-4-6-9(7-8)10-11(2)3/h4-7,10H,2H2,1,3H3. The molecule has 1 nitrogen and oxygen atoms in total. The minimum absolute atomic E-state index is 0.0252. The second-order valence-corrected chi connectivity index (χ2v) is 4.09. The molecule has 1 N–H and O–H groups in total. The molecule has 1 rings (SSSR count). The Bertz CT molecular complexity index is 268. The Morgan fingerprint density at radius 2 is 2.18 bits per heavy atom. The lowest BCUT2D eigenvalue weighted by molar-refractivity contribution is 1.47. The van der Waals surface area contributed by atoms with Crippen LogP contribution >= 0.6 is 10.7 Å². The van der Waals surface area contributed by atoms with Gasteiger partial charge in [-0.3, -0.25) is 0 Å². The van der Waals surface area contributed by atoms with E-state index in [0.29, 0.717) is 0 Å². The Balaban J connectivity index is 2.79. The Kier molecular flexibility index (Phi) is 2.71. The van der Waals surface area contributed by atoms with E-state index in [-0.39, 0.29) is 10.7 Å². The molecule has 0 saturated heterocycles. The number of hydrogen-bond acceptors (Lipinski definition) is 1. The second kappa shape index (κ2) is 3.58. The molecule has 0 bridgehead atoms. The molecule has 0 aliphatic heterocycles. The fraction of sp³-hybridized carbons (Fsp3) is 0.222. The van der Waals surface area contributed by atoms with Gasteiger partial charge in [0.2, 0.25) is 0 Å². The van der Waals surface area contributed by atoms with Gasteiger partial charge < -0.3 is 4.72 Å². The van der Waals surface area contributed by atoms with Gasteiger partial charge in [-0.05, 0) is 30.9 Å². The Morgan fingerprint density at radius 1 is 1.45 bits per heavy atom. The summed E-state index contributed by atoms with van der Waals surface area (Å²) in [6.07, 6.45) is 2.06. The lowest BCUT2D eigenvalue weighted by atomic mass is 10.2. The average Bonchev–Trinajstić information content (AvgIpc) is 1.85. The third-order valence-electron chi connectivity index (χ3n) is 1.31. The van der Waals surface area contributed by atoms with Crippen LogP contribution in [0, 0.1) is 6.92 Å². The van der Waals surface area contributed by atoms with Gasteiger partial charge in [-0.1, -0.05) is 18.0 Å². The smallest absolute Gasteiger partial charge is 0.0437 e. The van der Waals surface area contributed by atoms with Gasteiger partial charge >= 0.3 is 0 Å². The summed E-state index contributed by atoms with van der Waals surface area (Å²) in [5, 5.41) is 0. The van der Waals surface area contributed by atoms with Crippen molar-refractivity contribution in [3.05, 3.63) is 29.8 Å². The van der Waals surface area contributed by atoms with E-state index in [1.54, 1.807) is 0 Å². The summed E-state index contributed by atoms with van der Waals surface area (Å²) in [6, 6.07) is 8.31. The van der Waals surface area contributed by atoms with Crippen molar-refractivity contribution >= 4 is 22.2 Å². The van der Waals surface area contributed by atoms with E-state index in [1.165, 1.54) is 5.56 Å². The number of benzene rings is 1. The minimum atomic E-state index is 0.0252. The van der Waals surface area contributed by atoms with Crippen LogP contribution in [-0.4, -0.2) is 12.1 Å². The van der Waals surface area contributed by atoms with Crippen LogP contribution in [0.3, 0.4) is 0 Å². The highest BCUT2D eigenvalue weighted by atomic mass is 32.2. The van der Waals surface area contributed by atoms with E-state index in [9.17, 15) is 0 Å². The molecule has 0 radical (unpaired) electrons. The molecule has 0 heterocycles. The van der Waals surface area contributed by atoms with E-state index in [0.717, 1.165) is 5.69 Å². The van der Waals surface area contributed by atoms with Crippen molar-refractivity contribution in [2.75, 3.05) is 11.0 Å². The first-order valence-electron chi connectivity index (χ1n) is 3.47. The first kappa shape index (κ1) is 8.34. The molecule has 0 aromatic heterocycles. The quantitative estimate of drug-likeness (QED) is 0.668. The zero-order valence-corrected chi connectivity index (χ0v) is 7.74. The highest BCUT2D eigenvalue weighted by Gasteiger charge is 1.89. The van der Waals surface area contributed by atoms with Gasteiger partial charge in [-0.2, -0.15) is 0 Å². The molecule has 1 aromatic carbocycles. The van der Waals surface area contributed by atoms with Crippen molar-refractivity contribution < 1.29 is 0 Å². The summed E-state index contributed by atoms with van der Waals surface area (Å²) < 4.78 is 3.26. The van der Waals surface area contributed by atoms with Gasteiger partial charge in [-0.25, -0.2) is 0 Å². The predicted molar refractivity (Wildman–Crippen MR) is 55.4 cm³/mol. The maximum atomic E-state index is 3.88. The maximum absolute atomic E-state index is 3.88. The van der Waals surface area contributed by atoms with Crippen LogP contribution in [0.1, 0.15) is 5.56 Å². The molecule has 0 amide bonds. The van der Waals surface area contributed by atoms with Gasteiger partial charge in [0.1, 0.15) is 0 Å². The van der Waals surface area contributed by atoms with Crippen LogP contribution in [0.15, 0.2) is 24.3 Å². The normalized spacial score (nSPS) is 12.5. The van der Waals surface area contributed by atoms with Gasteiger partial charge in [0.25, 0.3) is 0 Å². The highest BCUT2D eigenvalue weighted by Crippen LogP contribution is 2.14. The zero-order chi connectivity index (χ0) is 8.27. The second-order valence-electron chi connectivity index (χ2n) is 2.61. The van der Waals surface area contributed by atoms with Gasteiger partial charge in [-0.15, -0.1) is 10.7 Å². The van der Waals surface area contributed by atoms with E-state index in [1.807, 2.05) is 6.07 Å². The van der Waals surface area contributed by atoms with Crippen LogP contribution in [0.4, 0.5) is 5.69 Å². The van der Waals surface area contributed by atoms with Crippen LogP contribution in [0.2, 0.25) is 0 Å². The van der Waals surface area contributed by atoms with E-state index in [4.69, 9.17) is 0 Å². The van der Waals surface area contributed by atoms with Crippen molar-refractivity contribution in [2.24, 2.45) is 0 Å². The molecule has 0 saturated carbocycles. The van der Waals surface area contributed by atoms with Crippen LogP contribution in [-0.2, 0) is 0 Å². The summed E-state index contributed by atoms with van der Waals surface area (Å²) >= 11 is 0. The molecule has 0 spiro atoms. The summed E-state index contributed by atoms with van der Waals surface area (Å²) in [5.74, 6) is 3.88. The predicted octanol–water partition coefficient (Wildman–Crippen LogP) is 2.65. The van der Waals surface area contributed by atoms with Crippen molar-refractivity contribution in [1.29, 1.82) is 0 Å². The Morgan fingerprint density at radius 3 is 2.73 bits per heavy atom. The molecule has 2 heteroatoms. The molecule has 1 aromatic rings. The van der Waals surface area contributed by atoms with E-state index < -0.39 is 0 Å². The van der Waals surface area contributed by atoms with Crippen molar-refractivity contribution in [1.82, 2.24) is 0 Å². The molecule has 60 valence electrons. The molecule has 0 aliphatic rings. The fourth-order valence-electron chi connectivity index (χ4n) is 0.910. The first-order valence-corrected chi connectivity index (χ1v) is 5.27. The monoisotopic (exact) mass is 167 g/mol. The number of nitrogens with one attached hydrogen (secondary N) is 1. The Labute approximate surface area is 70.5 Å². The van der Waals surface area contributed by atoms with Crippen molar-refractivity contribution in [2.45, 2.75) is 6.92 Å². The summed E-state index contributed by atoms with van der Waals surface area (Å²) in [7, 11) is 0.0252. The number of anilines is 1. The van der Waals surface area contributed by atoms with Gasteiger partial charge in [0, 0.05) is 5.69 Å². The largest absolute Gasteiger partial charge is 0.336 e. The summed E-state index contributed by atoms with van der Waals surface area (Å²) in [4.78, 5) is 0. The summed E-state index contributed by atoms with van der Waals surface area (Å²) in [5.41, 5.74) is 2.44. The molecule has 1 unspecified atom stereocenters. The lowest BCUT2D eigenvalue weighted by Crippen LogP contribution is -1.87. The zero-order valence-electron chi connectivity index (χ0n) is 6.92. The van der Waals surface area contributed by atoms with E-state index >= 15 is 0 Å². The van der Waals surface area contributed by atoms with E-state index in [2.05, 4.69) is 42.0 Å². The van der Waals surface area contributed by atoms with Crippen LogP contribution in [0.25, 0.3) is 0 Å². The molecular weight excluding hydrogens is 154 g/mol. The third-order valence-corrected chi connectivity index (χ3v) is 1.89. The van der Waals surface area contributed by atoms with Gasteiger partial charge in [0.05, 0.1) is 0 Å². The molecular formula is C9H13NS. The highest BCUT2D eigenvalue weighted by molar-refractivity contribution is 8.14. The molecule has 0 fully saturated rings. The molecule has 11 heavy (non-hydrogen) atoms. The first-order chi connectivity index (χ1) is 5.18. The molecule has 0 aliphatic carbocycles. The Hall–Kier alpha value is -0.760. The van der Waals surface area contributed by atoms with Crippen molar-refractivity contribution in [3.8, 4) is 0 Å². The number of hydrogen-bond donors (Lipinski definition) is 1. The molecule has 1 atom stereocenters. The topological polar surface area (TPSA) is 12.0 Å². The lowest BCUT2D eigenvalue weighted by Gasteiger charge is -2.05. The number of rotatable bonds is 2.